The predicted molar refractivity (Wildman–Crippen MR) is 51.1 cm³/mol. The maximum Gasteiger partial charge on any atom is 0.222 e. The smallest absolute Gasteiger partial charge is 0.222 e. The first-order valence-corrected chi connectivity index (χ1v) is 4.45. The van der Waals surface area contributed by atoms with Crippen LogP contribution in [-0.2, 0) is 9.53 Å². The van der Waals surface area contributed by atoms with Crippen LogP contribution in [0.5, 0.6) is 0 Å². The lowest BCUT2D eigenvalue weighted by atomic mass is 10.1. The zero-order valence-electron chi connectivity index (χ0n) is 8.22. The molecule has 0 atom stereocenters. The van der Waals surface area contributed by atoms with E-state index in [1.807, 2.05) is 0 Å². The van der Waals surface area contributed by atoms with Gasteiger partial charge in [0.25, 0.3) is 0 Å². The van der Waals surface area contributed by atoms with Crippen LogP contribution in [0.2, 0.25) is 0 Å². The predicted octanol–water partition coefficient (Wildman–Crippen LogP) is 1.43. The highest BCUT2D eigenvalue weighted by Crippen LogP contribution is 1.98. The summed E-state index contributed by atoms with van der Waals surface area (Å²) in [5.41, 5.74) is 0. The van der Waals surface area contributed by atoms with Gasteiger partial charge in [0.1, 0.15) is 0 Å². The minimum atomic E-state index is 0. The molecule has 3 nitrogen and oxygen atoms in total. The number of amides is 1. The summed E-state index contributed by atoms with van der Waals surface area (Å²) < 4.78 is 5.26. The zero-order valence-corrected chi connectivity index (χ0v) is 8.22. The third-order valence-corrected chi connectivity index (χ3v) is 1.59. The SMILES string of the molecule is CNC(=O)CCOCCC(C)C.[HH]. The van der Waals surface area contributed by atoms with Crippen LogP contribution in [0.3, 0.4) is 0 Å². The summed E-state index contributed by atoms with van der Waals surface area (Å²) in [6, 6.07) is 0. The summed E-state index contributed by atoms with van der Waals surface area (Å²) in [7, 11) is 1.64. The minimum absolute atomic E-state index is 0. The molecule has 0 heterocycles. The van der Waals surface area contributed by atoms with Crippen LogP contribution < -0.4 is 5.32 Å². The third kappa shape index (κ3) is 7.54. The first-order valence-electron chi connectivity index (χ1n) is 4.45. The van der Waals surface area contributed by atoms with Gasteiger partial charge >= 0.3 is 0 Å². The molecule has 0 unspecified atom stereocenters. The van der Waals surface area contributed by atoms with Gasteiger partial charge in [-0.1, -0.05) is 13.8 Å². The van der Waals surface area contributed by atoms with Crippen LogP contribution in [0.1, 0.15) is 28.1 Å². The van der Waals surface area contributed by atoms with Crippen LogP contribution in [0.15, 0.2) is 0 Å². The Morgan fingerprint density at radius 3 is 2.67 bits per heavy atom. The van der Waals surface area contributed by atoms with E-state index in [0.29, 0.717) is 18.9 Å². The molecule has 0 aliphatic heterocycles. The van der Waals surface area contributed by atoms with Gasteiger partial charge in [-0.25, -0.2) is 0 Å². The molecule has 0 spiro atoms. The van der Waals surface area contributed by atoms with Crippen LogP contribution in [0.4, 0.5) is 0 Å². The van der Waals surface area contributed by atoms with E-state index in [2.05, 4.69) is 19.2 Å². The number of carbonyl (C=O) groups is 1. The lowest BCUT2D eigenvalue weighted by molar-refractivity contribution is -0.121. The highest BCUT2D eigenvalue weighted by molar-refractivity contribution is 5.75. The number of rotatable bonds is 6. The summed E-state index contributed by atoms with van der Waals surface area (Å²) in [4.78, 5) is 10.7. The molecule has 0 radical (unpaired) electrons. The van der Waals surface area contributed by atoms with Gasteiger partial charge in [-0.2, -0.15) is 0 Å². The minimum Gasteiger partial charge on any atom is -0.381 e. The van der Waals surface area contributed by atoms with Crippen molar-refractivity contribution in [3.05, 3.63) is 0 Å². The Bertz CT molecular complexity index is 129. The maximum absolute atomic E-state index is 10.7. The van der Waals surface area contributed by atoms with Crippen LogP contribution in [0.25, 0.3) is 0 Å². The van der Waals surface area contributed by atoms with Crippen LogP contribution in [0, 0.1) is 5.92 Å². The molecule has 1 amide bonds. The lowest BCUT2D eigenvalue weighted by Crippen LogP contribution is -2.19. The highest BCUT2D eigenvalue weighted by atomic mass is 16.5. The molecule has 1 N–H and O–H groups in total. The number of hydrogen-bond donors (Lipinski definition) is 1. The van der Waals surface area contributed by atoms with Gasteiger partial charge in [-0.15, -0.1) is 0 Å². The second-order valence-corrected chi connectivity index (χ2v) is 3.22. The van der Waals surface area contributed by atoms with Gasteiger partial charge in [-0.05, 0) is 12.3 Å². The molecule has 0 aromatic heterocycles. The summed E-state index contributed by atoms with van der Waals surface area (Å²) in [5, 5.41) is 2.55. The van der Waals surface area contributed by atoms with Gasteiger partial charge in [0.15, 0.2) is 0 Å². The average molecular weight is 175 g/mol. The Labute approximate surface area is 76.0 Å². The fourth-order valence-corrected chi connectivity index (χ4v) is 0.711. The topological polar surface area (TPSA) is 38.3 Å². The molecule has 0 bridgehead atoms. The molecule has 3 heteroatoms. The number of ether oxygens (including phenoxy) is 1. The Balaban J connectivity index is 0. The first-order chi connectivity index (χ1) is 5.66. The Morgan fingerprint density at radius 2 is 2.17 bits per heavy atom. The first kappa shape index (κ1) is 11.4. The molecule has 12 heavy (non-hydrogen) atoms. The number of hydrogen-bond acceptors (Lipinski definition) is 2. The van der Waals surface area contributed by atoms with E-state index in [1.165, 1.54) is 0 Å². The van der Waals surface area contributed by atoms with E-state index in [9.17, 15) is 4.79 Å². The van der Waals surface area contributed by atoms with E-state index in [-0.39, 0.29) is 7.33 Å². The van der Waals surface area contributed by atoms with Crippen molar-refractivity contribution in [2.75, 3.05) is 20.3 Å². The largest absolute Gasteiger partial charge is 0.381 e. The molecule has 0 aliphatic carbocycles. The summed E-state index contributed by atoms with van der Waals surface area (Å²) in [6.07, 6.45) is 1.53. The van der Waals surface area contributed by atoms with Crippen LogP contribution >= 0.6 is 0 Å². The second kappa shape index (κ2) is 7.10. The maximum atomic E-state index is 10.7. The molecule has 0 aromatic rings. The molecule has 0 rings (SSSR count). The van der Waals surface area contributed by atoms with Gasteiger partial charge in [-0.3, -0.25) is 4.79 Å². The Kier molecular flexibility index (Phi) is 6.76. The summed E-state index contributed by atoms with van der Waals surface area (Å²) in [5.74, 6) is 0.713. The fourth-order valence-electron chi connectivity index (χ4n) is 0.711. The third-order valence-electron chi connectivity index (χ3n) is 1.59. The van der Waals surface area contributed by atoms with Gasteiger partial charge < -0.3 is 10.1 Å². The molecule has 74 valence electrons. The van der Waals surface area contributed by atoms with E-state index >= 15 is 0 Å². The van der Waals surface area contributed by atoms with Crippen molar-refractivity contribution in [3.63, 3.8) is 0 Å². The highest BCUT2D eigenvalue weighted by Gasteiger charge is 1.97. The van der Waals surface area contributed by atoms with Gasteiger partial charge in [0.05, 0.1) is 6.61 Å². The van der Waals surface area contributed by atoms with E-state index < -0.39 is 0 Å². The van der Waals surface area contributed by atoms with Crippen molar-refractivity contribution >= 4 is 5.91 Å². The molecular formula is C9H21NO2. The Morgan fingerprint density at radius 1 is 1.50 bits per heavy atom. The average Bonchev–Trinajstić information content (AvgIpc) is 2.03. The summed E-state index contributed by atoms with van der Waals surface area (Å²) >= 11 is 0. The van der Waals surface area contributed by atoms with Crippen molar-refractivity contribution in [2.45, 2.75) is 26.7 Å². The van der Waals surface area contributed by atoms with E-state index in [0.717, 1.165) is 13.0 Å². The molecular weight excluding hydrogens is 154 g/mol. The fraction of sp³-hybridized carbons (Fsp3) is 0.889. The quantitative estimate of drug-likeness (QED) is 0.620. The van der Waals surface area contributed by atoms with Crippen molar-refractivity contribution < 1.29 is 11.0 Å². The number of carbonyl (C=O) groups excluding carboxylic acids is 1. The normalized spacial score (nSPS) is 10.3. The molecule has 0 aromatic carbocycles. The monoisotopic (exact) mass is 175 g/mol. The van der Waals surface area contributed by atoms with Gasteiger partial charge in [0.2, 0.25) is 5.91 Å². The standard InChI is InChI=1S/C9H19NO2.H2/c1-8(2)4-6-12-7-5-9(11)10-3;/h8H,4-7H2,1-3H3,(H,10,11);1H. The number of nitrogens with one attached hydrogen (secondary N) is 1. The van der Waals surface area contributed by atoms with Gasteiger partial charge in [0, 0.05) is 21.5 Å². The van der Waals surface area contributed by atoms with E-state index in [1.54, 1.807) is 7.05 Å². The molecule has 0 aliphatic rings. The molecule has 0 saturated carbocycles. The molecule has 0 fully saturated rings. The summed E-state index contributed by atoms with van der Waals surface area (Å²) in [6.45, 7) is 5.60. The van der Waals surface area contributed by atoms with Crippen molar-refractivity contribution in [3.8, 4) is 0 Å². The van der Waals surface area contributed by atoms with Crippen molar-refractivity contribution in [2.24, 2.45) is 5.92 Å². The zero-order chi connectivity index (χ0) is 9.40. The van der Waals surface area contributed by atoms with Crippen LogP contribution in [-0.4, -0.2) is 26.2 Å². The second-order valence-electron chi connectivity index (χ2n) is 3.22. The van der Waals surface area contributed by atoms with Crippen molar-refractivity contribution in [1.82, 2.24) is 5.32 Å². The van der Waals surface area contributed by atoms with Crippen molar-refractivity contribution in [1.29, 1.82) is 0 Å². The Hall–Kier alpha value is -0.570. The molecule has 0 saturated heterocycles. The lowest BCUT2D eigenvalue weighted by Gasteiger charge is -2.05. The van der Waals surface area contributed by atoms with E-state index in [4.69, 9.17) is 4.74 Å².